The van der Waals surface area contributed by atoms with E-state index < -0.39 is 0 Å². The second-order valence-corrected chi connectivity index (χ2v) is 3.38. The van der Waals surface area contributed by atoms with Gasteiger partial charge in [0.1, 0.15) is 6.10 Å². The monoisotopic (exact) mass is 136 g/mol. The van der Waals surface area contributed by atoms with E-state index in [9.17, 15) is 4.79 Å². The molecule has 0 aromatic rings. The number of ether oxygens (including phenoxy) is 1. The summed E-state index contributed by atoms with van der Waals surface area (Å²) in [4.78, 5) is 11.0. The van der Waals surface area contributed by atoms with Crippen LogP contribution in [0.15, 0.2) is 0 Å². The first-order valence-electron chi connectivity index (χ1n) is 3.75. The molecule has 10 heavy (non-hydrogen) atoms. The molecule has 2 bridgehead atoms. The highest BCUT2D eigenvalue weighted by molar-refractivity contribution is 5.78. The molecule has 0 spiro atoms. The molecular formula is C8H8O2. The smallest absolute Gasteiger partial charge is 0.309 e. The van der Waals surface area contributed by atoms with Crippen LogP contribution in [0, 0.1) is 30.6 Å². The number of carbonyl (C=O) groups excluding carboxylic acids is 1. The Labute approximate surface area is 59.6 Å². The van der Waals surface area contributed by atoms with Crippen molar-refractivity contribution in [2.45, 2.75) is 12.5 Å². The molecule has 0 amide bonds. The van der Waals surface area contributed by atoms with Crippen molar-refractivity contribution in [2.24, 2.45) is 17.8 Å². The van der Waals surface area contributed by atoms with Gasteiger partial charge in [-0.3, -0.25) is 4.79 Å². The number of carbonyl (C=O) groups is 1. The fourth-order valence-electron chi connectivity index (χ4n) is 2.41. The molecule has 4 unspecified atom stereocenters. The van der Waals surface area contributed by atoms with Gasteiger partial charge < -0.3 is 4.74 Å². The van der Waals surface area contributed by atoms with Gasteiger partial charge >= 0.3 is 5.97 Å². The summed E-state index contributed by atoms with van der Waals surface area (Å²) in [5.41, 5.74) is 0. The van der Waals surface area contributed by atoms with Crippen LogP contribution in [0.5, 0.6) is 0 Å². The van der Waals surface area contributed by atoms with Gasteiger partial charge in [-0.2, -0.15) is 0 Å². The molecule has 2 saturated carbocycles. The Morgan fingerprint density at radius 2 is 2.40 bits per heavy atom. The Balaban J connectivity index is 2.05. The van der Waals surface area contributed by atoms with Crippen LogP contribution in [0.25, 0.3) is 0 Å². The normalized spacial score (nSPS) is 55.8. The van der Waals surface area contributed by atoms with Crippen LogP contribution in [0.2, 0.25) is 0 Å². The maximum atomic E-state index is 11.0. The summed E-state index contributed by atoms with van der Waals surface area (Å²) >= 11 is 0. The highest BCUT2D eigenvalue weighted by atomic mass is 16.6. The molecule has 3 aliphatic rings. The van der Waals surface area contributed by atoms with Crippen molar-refractivity contribution in [2.75, 3.05) is 0 Å². The lowest BCUT2D eigenvalue weighted by molar-refractivity contribution is -0.142. The van der Waals surface area contributed by atoms with E-state index in [4.69, 9.17) is 4.74 Å². The molecule has 1 aliphatic heterocycles. The Morgan fingerprint density at radius 1 is 1.50 bits per heavy atom. The lowest BCUT2D eigenvalue weighted by Crippen LogP contribution is -2.16. The summed E-state index contributed by atoms with van der Waals surface area (Å²) in [6, 6.07) is 0. The minimum atomic E-state index is 0.00579. The zero-order chi connectivity index (χ0) is 6.72. The molecule has 2 nitrogen and oxygen atoms in total. The molecule has 2 heteroatoms. The van der Waals surface area contributed by atoms with Crippen LogP contribution in [0.3, 0.4) is 0 Å². The van der Waals surface area contributed by atoms with E-state index >= 15 is 0 Å². The quantitative estimate of drug-likeness (QED) is 0.455. The summed E-state index contributed by atoms with van der Waals surface area (Å²) in [6.45, 7) is 0. The SMILES string of the molecule is O=C1OC2[CH]C3[CH]C1C2C3. The number of esters is 1. The third-order valence-corrected chi connectivity index (χ3v) is 2.84. The van der Waals surface area contributed by atoms with Crippen molar-refractivity contribution in [3.63, 3.8) is 0 Å². The van der Waals surface area contributed by atoms with E-state index in [1.807, 2.05) is 0 Å². The lowest BCUT2D eigenvalue weighted by Gasteiger charge is -2.11. The van der Waals surface area contributed by atoms with Gasteiger partial charge in [0.25, 0.3) is 0 Å². The molecule has 2 radical (unpaired) electrons. The zero-order valence-corrected chi connectivity index (χ0v) is 5.49. The summed E-state index contributed by atoms with van der Waals surface area (Å²) in [5, 5.41) is 0. The van der Waals surface area contributed by atoms with Gasteiger partial charge in [0.05, 0.1) is 5.92 Å². The van der Waals surface area contributed by atoms with E-state index in [2.05, 4.69) is 12.8 Å². The Hall–Kier alpha value is -0.530. The third kappa shape index (κ3) is 0.414. The minimum absolute atomic E-state index is 0.00579. The number of hydrogen-bond acceptors (Lipinski definition) is 2. The molecule has 0 aromatic carbocycles. The largest absolute Gasteiger partial charge is 0.461 e. The molecule has 52 valence electrons. The van der Waals surface area contributed by atoms with Crippen molar-refractivity contribution in [3.8, 4) is 0 Å². The summed E-state index contributed by atoms with van der Waals surface area (Å²) in [7, 11) is 0. The number of rotatable bonds is 0. The molecule has 4 atom stereocenters. The van der Waals surface area contributed by atoms with Crippen LogP contribution >= 0.6 is 0 Å². The topological polar surface area (TPSA) is 26.3 Å². The van der Waals surface area contributed by atoms with Crippen LogP contribution in [-0.2, 0) is 9.53 Å². The van der Waals surface area contributed by atoms with Gasteiger partial charge in [-0.05, 0) is 18.8 Å². The van der Waals surface area contributed by atoms with Gasteiger partial charge in [0.2, 0.25) is 0 Å². The Kier molecular flexibility index (Phi) is 0.715. The average Bonchev–Trinajstić information content (AvgIpc) is 2.44. The molecule has 3 fully saturated rings. The van der Waals surface area contributed by atoms with Crippen molar-refractivity contribution < 1.29 is 9.53 Å². The lowest BCUT2D eigenvalue weighted by atomic mass is 9.90. The predicted octanol–water partition coefficient (Wildman–Crippen LogP) is 0.586. The average molecular weight is 136 g/mol. The molecule has 1 heterocycles. The highest BCUT2D eigenvalue weighted by Gasteiger charge is 2.56. The fourth-order valence-corrected chi connectivity index (χ4v) is 2.41. The van der Waals surface area contributed by atoms with E-state index in [0.717, 1.165) is 6.42 Å². The molecular weight excluding hydrogens is 128 g/mol. The standard InChI is InChI=1S/C8H8O2/c9-8-6-2-4-1-5(6)7(3-4)10-8/h2-7H,1H2. The highest BCUT2D eigenvalue weighted by Crippen LogP contribution is 2.52. The van der Waals surface area contributed by atoms with Crippen LogP contribution in [-0.4, -0.2) is 12.1 Å². The number of hydrogen-bond donors (Lipinski definition) is 0. The minimum Gasteiger partial charge on any atom is -0.461 e. The van der Waals surface area contributed by atoms with E-state index in [1.54, 1.807) is 0 Å². The third-order valence-electron chi connectivity index (χ3n) is 2.84. The van der Waals surface area contributed by atoms with Crippen molar-refractivity contribution in [1.82, 2.24) is 0 Å². The molecule has 0 N–H and O–H groups in total. The maximum absolute atomic E-state index is 11.0. The van der Waals surface area contributed by atoms with E-state index in [-0.39, 0.29) is 18.0 Å². The Bertz CT molecular complexity index is 197. The summed E-state index contributed by atoms with van der Waals surface area (Å²) in [5.74, 6) is 1.25. The maximum Gasteiger partial charge on any atom is 0.309 e. The van der Waals surface area contributed by atoms with Crippen molar-refractivity contribution in [3.05, 3.63) is 12.8 Å². The van der Waals surface area contributed by atoms with Crippen LogP contribution in [0.4, 0.5) is 0 Å². The first kappa shape index (κ1) is 5.16. The first-order chi connectivity index (χ1) is 4.84. The molecule has 3 rings (SSSR count). The summed E-state index contributed by atoms with van der Waals surface area (Å²) in [6.07, 6.45) is 5.62. The fraction of sp³-hybridized carbons (Fsp3) is 0.625. The van der Waals surface area contributed by atoms with Crippen molar-refractivity contribution in [1.29, 1.82) is 0 Å². The van der Waals surface area contributed by atoms with Crippen LogP contribution < -0.4 is 0 Å². The summed E-state index contributed by atoms with van der Waals surface area (Å²) < 4.78 is 5.11. The number of fused-ring (bicyclic) bond motifs is 1. The second-order valence-electron chi connectivity index (χ2n) is 3.38. The Morgan fingerprint density at radius 3 is 3.00 bits per heavy atom. The van der Waals surface area contributed by atoms with Gasteiger partial charge in [-0.1, -0.05) is 0 Å². The molecule has 0 aromatic heterocycles. The van der Waals surface area contributed by atoms with E-state index in [0.29, 0.717) is 11.8 Å². The molecule has 1 saturated heterocycles. The first-order valence-corrected chi connectivity index (χ1v) is 3.75. The van der Waals surface area contributed by atoms with E-state index in [1.165, 1.54) is 0 Å². The molecule has 2 aliphatic carbocycles. The van der Waals surface area contributed by atoms with Crippen molar-refractivity contribution >= 4 is 5.97 Å². The zero-order valence-electron chi connectivity index (χ0n) is 5.49. The predicted molar refractivity (Wildman–Crippen MR) is 33.6 cm³/mol. The van der Waals surface area contributed by atoms with Crippen LogP contribution in [0.1, 0.15) is 6.42 Å². The van der Waals surface area contributed by atoms with Gasteiger partial charge in [0, 0.05) is 12.3 Å². The second kappa shape index (κ2) is 1.39. The van der Waals surface area contributed by atoms with Gasteiger partial charge in [-0.15, -0.1) is 0 Å². The van der Waals surface area contributed by atoms with Gasteiger partial charge in [0.15, 0.2) is 0 Å². The van der Waals surface area contributed by atoms with Gasteiger partial charge in [-0.25, -0.2) is 0 Å².